The van der Waals surface area contributed by atoms with Gasteiger partial charge in [0.05, 0.1) is 0 Å². The molecule has 5 rings (SSSR count). The zero-order valence-electron chi connectivity index (χ0n) is 13.8. The highest BCUT2D eigenvalue weighted by atomic mass is 35.5. The summed E-state index contributed by atoms with van der Waals surface area (Å²) in [6.07, 6.45) is 1.96. The molecule has 0 atom stereocenters. The van der Waals surface area contributed by atoms with Gasteiger partial charge in [-0.15, -0.1) is 0 Å². The second-order valence-electron chi connectivity index (χ2n) is 6.68. The second-order valence-corrected chi connectivity index (χ2v) is 7.09. The molecule has 0 amide bonds. The molecule has 0 fully saturated rings. The van der Waals surface area contributed by atoms with Crippen LogP contribution < -0.4 is 0 Å². The summed E-state index contributed by atoms with van der Waals surface area (Å²) in [6.45, 7) is 0. The standard InChI is InChI=1S/C24H17Cl/c25-22-15-19-11-10-17-7-4-8-18-12-14-21(24(19)23(17)18)20(22)13-9-16-5-2-1-3-6-16/h1-8,10-12,14-15H,9,13H2. The van der Waals surface area contributed by atoms with Crippen LogP contribution in [0.2, 0.25) is 5.02 Å². The molecule has 25 heavy (non-hydrogen) atoms. The molecule has 0 aliphatic heterocycles. The molecular formula is C24H17Cl. The monoisotopic (exact) mass is 340 g/mol. The highest BCUT2D eigenvalue weighted by Gasteiger charge is 2.13. The molecule has 0 radical (unpaired) electrons. The van der Waals surface area contributed by atoms with E-state index in [9.17, 15) is 0 Å². The number of aryl methyl sites for hydroxylation is 2. The van der Waals surface area contributed by atoms with Crippen molar-refractivity contribution in [3.8, 4) is 0 Å². The molecule has 0 unspecified atom stereocenters. The van der Waals surface area contributed by atoms with E-state index in [1.54, 1.807) is 0 Å². The van der Waals surface area contributed by atoms with Gasteiger partial charge >= 0.3 is 0 Å². The van der Waals surface area contributed by atoms with Crippen LogP contribution in [-0.4, -0.2) is 0 Å². The minimum atomic E-state index is 0.877. The Kier molecular flexibility index (Phi) is 3.39. The largest absolute Gasteiger partial charge is 0.0840 e. The number of halogens is 1. The van der Waals surface area contributed by atoms with Gasteiger partial charge in [0.15, 0.2) is 0 Å². The van der Waals surface area contributed by atoms with E-state index >= 15 is 0 Å². The van der Waals surface area contributed by atoms with Crippen LogP contribution in [0.1, 0.15) is 11.1 Å². The van der Waals surface area contributed by atoms with Gasteiger partial charge in [-0.1, -0.05) is 84.4 Å². The number of hydrogen-bond acceptors (Lipinski definition) is 0. The number of hydrogen-bond donors (Lipinski definition) is 0. The van der Waals surface area contributed by atoms with Crippen LogP contribution in [0.5, 0.6) is 0 Å². The maximum atomic E-state index is 6.69. The fourth-order valence-electron chi connectivity index (χ4n) is 4.00. The van der Waals surface area contributed by atoms with Gasteiger partial charge in [0.25, 0.3) is 0 Å². The van der Waals surface area contributed by atoms with Crippen LogP contribution in [0.15, 0.2) is 78.9 Å². The molecule has 5 aromatic carbocycles. The van der Waals surface area contributed by atoms with Crippen molar-refractivity contribution in [2.24, 2.45) is 0 Å². The lowest BCUT2D eigenvalue weighted by Crippen LogP contribution is -1.95. The molecule has 0 saturated carbocycles. The van der Waals surface area contributed by atoms with Gasteiger partial charge in [-0.2, -0.15) is 0 Å². The second kappa shape index (κ2) is 5.75. The smallest absolute Gasteiger partial charge is 0.0450 e. The van der Waals surface area contributed by atoms with Crippen molar-refractivity contribution >= 4 is 43.9 Å². The first-order valence-electron chi connectivity index (χ1n) is 8.70. The summed E-state index contributed by atoms with van der Waals surface area (Å²) in [5.41, 5.74) is 2.61. The van der Waals surface area contributed by atoms with Crippen LogP contribution in [0.4, 0.5) is 0 Å². The predicted octanol–water partition coefficient (Wildman–Crippen LogP) is 7.02. The maximum Gasteiger partial charge on any atom is 0.0450 e. The molecule has 120 valence electrons. The maximum absolute atomic E-state index is 6.69. The van der Waals surface area contributed by atoms with Crippen molar-refractivity contribution in [3.05, 3.63) is 95.0 Å². The Bertz CT molecular complexity index is 1170. The van der Waals surface area contributed by atoms with Gasteiger partial charge in [0, 0.05) is 5.02 Å². The number of rotatable bonds is 3. The van der Waals surface area contributed by atoms with Crippen LogP contribution in [0, 0.1) is 0 Å². The molecule has 0 spiro atoms. The molecule has 0 aliphatic carbocycles. The predicted molar refractivity (Wildman–Crippen MR) is 109 cm³/mol. The lowest BCUT2D eigenvalue weighted by molar-refractivity contribution is 0.970. The summed E-state index contributed by atoms with van der Waals surface area (Å²) < 4.78 is 0. The van der Waals surface area contributed by atoms with E-state index < -0.39 is 0 Å². The highest BCUT2D eigenvalue weighted by Crippen LogP contribution is 2.39. The quantitative estimate of drug-likeness (QED) is 0.309. The first-order valence-corrected chi connectivity index (χ1v) is 9.08. The molecule has 1 heteroatoms. The highest BCUT2D eigenvalue weighted by molar-refractivity contribution is 6.35. The van der Waals surface area contributed by atoms with E-state index in [2.05, 4.69) is 78.9 Å². The molecule has 0 bridgehead atoms. The van der Waals surface area contributed by atoms with E-state index in [0.29, 0.717) is 0 Å². The Morgan fingerprint density at radius 2 is 1.32 bits per heavy atom. The van der Waals surface area contributed by atoms with E-state index in [1.165, 1.54) is 43.4 Å². The van der Waals surface area contributed by atoms with Crippen molar-refractivity contribution in [1.29, 1.82) is 0 Å². The van der Waals surface area contributed by atoms with Crippen LogP contribution >= 0.6 is 11.6 Å². The first-order chi connectivity index (χ1) is 12.3. The third kappa shape index (κ3) is 2.37. The van der Waals surface area contributed by atoms with E-state index in [1.807, 2.05) is 0 Å². The molecule has 0 heterocycles. The Morgan fingerprint density at radius 3 is 2.12 bits per heavy atom. The molecule has 0 aromatic heterocycles. The summed E-state index contributed by atoms with van der Waals surface area (Å²) in [4.78, 5) is 0. The Hall–Kier alpha value is -2.57. The Morgan fingerprint density at radius 1 is 0.600 bits per heavy atom. The third-order valence-corrected chi connectivity index (χ3v) is 5.55. The molecule has 0 N–H and O–H groups in total. The average molecular weight is 341 g/mol. The summed E-state index contributed by atoms with van der Waals surface area (Å²) in [5.74, 6) is 0. The van der Waals surface area contributed by atoms with Crippen LogP contribution in [0.3, 0.4) is 0 Å². The van der Waals surface area contributed by atoms with Crippen LogP contribution in [-0.2, 0) is 12.8 Å². The normalized spacial score (nSPS) is 11.7. The first kappa shape index (κ1) is 14.7. The fourth-order valence-corrected chi connectivity index (χ4v) is 4.32. The van der Waals surface area contributed by atoms with Gasteiger partial charge in [0.1, 0.15) is 0 Å². The van der Waals surface area contributed by atoms with Gasteiger partial charge in [0.2, 0.25) is 0 Å². The van der Waals surface area contributed by atoms with Crippen molar-refractivity contribution < 1.29 is 0 Å². The fraction of sp³-hybridized carbons (Fsp3) is 0.0833. The Balaban J connectivity index is 1.74. The summed E-state index contributed by atoms with van der Waals surface area (Å²) in [5, 5.41) is 8.70. The van der Waals surface area contributed by atoms with Crippen molar-refractivity contribution in [3.63, 3.8) is 0 Å². The van der Waals surface area contributed by atoms with Gasteiger partial charge in [-0.25, -0.2) is 0 Å². The average Bonchev–Trinajstić information content (AvgIpc) is 2.66. The summed E-state index contributed by atoms with van der Waals surface area (Å²) in [7, 11) is 0. The van der Waals surface area contributed by atoms with E-state index in [-0.39, 0.29) is 0 Å². The minimum absolute atomic E-state index is 0.877. The van der Waals surface area contributed by atoms with Crippen molar-refractivity contribution in [2.45, 2.75) is 12.8 Å². The van der Waals surface area contributed by atoms with E-state index in [4.69, 9.17) is 11.6 Å². The van der Waals surface area contributed by atoms with Crippen LogP contribution in [0.25, 0.3) is 32.3 Å². The third-order valence-electron chi connectivity index (χ3n) is 5.21. The lowest BCUT2D eigenvalue weighted by Gasteiger charge is -2.15. The van der Waals surface area contributed by atoms with Crippen molar-refractivity contribution in [2.75, 3.05) is 0 Å². The molecule has 5 aromatic rings. The topological polar surface area (TPSA) is 0 Å². The summed E-state index contributed by atoms with van der Waals surface area (Å²) >= 11 is 6.69. The Labute approximate surface area is 152 Å². The van der Waals surface area contributed by atoms with Gasteiger partial charge in [-0.05, 0) is 62.4 Å². The molecule has 0 nitrogen and oxygen atoms in total. The minimum Gasteiger partial charge on any atom is -0.0840 e. The van der Waals surface area contributed by atoms with E-state index in [0.717, 1.165) is 17.9 Å². The van der Waals surface area contributed by atoms with Gasteiger partial charge < -0.3 is 0 Å². The molecular weight excluding hydrogens is 324 g/mol. The molecule has 0 aliphatic rings. The molecule has 0 saturated heterocycles. The van der Waals surface area contributed by atoms with Gasteiger partial charge in [-0.3, -0.25) is 0 Å². The summed E-state index contributed by atoms with van der Waals surface area (Å²) in [6, 6.07) is 28.1. The number of benzene rings is 5. The zero-order valence-corrected chi connectivity index (χ0v) is 14.6. The zero-order chi connectivity index (χ0) is 16.8. The SMILES string of the molecule is Clc1cc2ccc3cccc4ccc(c1CCc1ccccc1)c2c34. The lowest BCUT2D eigenvalue weighted by atomic mass is 9.90. The van der Waals surface area contributed by atoms with Crippen molar-refractivity contribution in [1.82, 2.24) is 0 Å².